The number of rotatable bonds is 5. The zero-order chi connectivity index (χ0) is 29.9. The molecule has 3 aromatic carbocycles. The molecule has 0 spiro atoms. The van der Waals surface area contributed by atoms with Gasteiger partial charge in [-0.3, -0.25) is 0 Å². The van der Waals surface area contributed by atoms with E-state index >= 15 is 0 Å². The Balaban J connectivity index is 1.69. The molecule has 0 aromatic heterocycles. The topological polar surface area (TPSA) is 0 Å². The Kier molecular flexibility index (Phi) is 7.31. The largest absolute Gasteiger partial charge is 0.178 e. The molecular weight excluding hydrogens is 502 g/mol. The lowest BCUT2D eigenvalue weighted by atomic mass is 9.32. The van der Waals surface area contributed by atoms with E-state index in [-0.39, 0.29) is 0 Å². The summed E-state index contributed by atoms with van der Waals surface area (Å²) in [6.07, 6.45) is 6.08. The van der Waals surface area contributed by atoms with Crippen LogP contribution in [0, 0.1) is 21.7 Å². The van der Waals surface area contributed by atoms with Gasteiger partial charge in [0.15, 0.2) is 13.4 Å². The molecule has 216 valence electrons. The van der Waals surface area contributed by atoms with E-state index in [1.54, 1.807) is 22.1 Å². The Labute approximate surface area is 257 Å². The summed E-state index contributed by atoms with van der Waals surface area (Å²) in [5.41, 5.74) is 12.1. The summed E-state index contributed by atoms with van der Waals surface area (Å²) < 4.78 is 0. The van der Waals surface area contributed by atoms with E-state index in [2.05, 4.69) is 146 Å². The molecule has 3 aromatic rings. The minimum Gasteiger partial charge on any atom is -0.0863 e. The summed E-state index contributed by atoms with van der Waals surface area (Å²) in [4.78, 5) is 0. The molecule has 2 fully saturated rings. The number of benzene rings is 3. The van der Waals surface area contributed by atoms with E-state index in [0.29, 0.717) is 41.0 Å². The van der Waals surface area contributed by atoms with E-state index in [1.807, 2.05) is 0 Å². The number of allylic oxidation sites excluding steroid dienone is 4. The first-order valence-corrected chi connectivity index (χ1v) is 16.4. The van der Waals surface area contributed by atoms with Gasteiger partial charge in [0.2, 0.25) is 0 Å². The first-order valence-electron chi connectivity index (χ1n) is 16.4. The SMILES string of the molecule is CC1(C)CB(C2=C(c3ccccc3)CC(c3ccccc3)C(B3CC(C)(C)C(C)(C)C3)=C2c2ccccc2)CC1(C)C. The Morgan fingerprint density at radius 3 is 1.38 bits per heavy atom. The lowest BCUT2D eigenvalue weighted by Gasteiger charge is -2.38. The van der Waals surface area contributed by atoms with Crippen molar-refractivity contribution in [2.75, 3.05) is 0 Å². The zero-order valence-corrected chi connectivity index (χ0v) is 27.4. The Morgan fingerprint density at radius 1 is 0.500 bits per heavy atom. The van der Waals surface area contributed by atoms with Crippen molar-refractivity contribution >= 4 is 24.6 Å². The second kappa shape index (κ2) is 10.5. The van der Waals surface area contributed by atoms with Gasteiger partial charge in [0.05, 0.1) is 0 Å². The van der Waals surface area contributed by atoms with Crippen LogP contribution in [0.4, 0.5) is 0 Å². The van der Waals surface area contributed by atoms with Gasteiger partial charge in [0, 0.05) is 5.92 Å². The van der Waals surface area contributed by atoms with Crippen molar-refractivity contribution in [3.05, 3.63) is 119 Å². The fraction of sp³-hybridized carbons (Fsp3) is 0.450. The van der Waals surface area contributed by atoms with Crippen LogP contribution in [0.2, 0.25) is 25.3 Å². The molecule has 1 aliphatic carbocycles. The van der Waals surface area contributed by atoms with Crippen LogP contribution in [0.25, 0.3) is 11.1 Å². The third-order valence-electron chi connectivity index (χ3n) is 12.6. The van der Waals surface area contributed by atoms with Gasteiger partial charge in [-0.2, -0.15) is 0 Å². The fourth-order valence-electron chi connectivity index (χ4n) is 8.80. The van der Waals surface area contributed by atoms with Gasteiger partial charge in [-0.15, -0.1) is 0 Å². The summed E-state index contributed by atoms with van der Waals surface area (Å²) in [6.45, 7) is 21.3. The average Bonchev–Trinajstić information content (AvgIpc) is 3.32. The smallest absolute Gasteiger partial charge is 0.0863 e. The molecule has 1 atom stereocenters. The molecule has 0 radical (unpaired) electrons. The van der Waals surface area contributed by atoms with Gasteiger partial charge < -0.3 is 0 Å². The average molecular weight is 552 g/mol. The third kappa shape index (κ3) is 4.98. The van der Waals surface area contributed by atoms with Crippen LogP contribution in [-0.4, -0.2) is 13.4 Å². The normalized spacial score (nSPS) is 24.4. The Hall–Kier alpha value is -2.73. The van der Waals surface area contributed by atoms with Crippen LogP contribution in [0.15, 0.2) is 102 Å². The van der Waals surface area contributed by atoms with Crippen molar-refractivity contribution in [1.29, 1.82) is 0 Å². The van der Waals surface area contributed by atoms with Crippen LogP contribution in [0.3, 0.4) is 0 Å². The summed E-state index contributed by atoms with van der Waals surface area (Å²) in [5.74, 6) is 0.387. The lowest BCUT2D eigenvalue weighted by Crippen LogP contribution is -2.29. The molecule has 0 nitrogen and oxygen atoms in total. The highest BCUT2D eigenvalue weighted by Gasteiger charge is 2.54. The molecule has 2 heteroatoms. The van der Waals surface area contributed by atoms with Crippen LogP contribution < -0.4 is 0 Å². The first-order chi connectivity index (χ1) is 19.8. The second-order valence-electron chi connectivity index (χ2n) is 16.4. The van der Waals surface area contributed by atoms with Gasteiger partial charge >= 0.3 is 0 Å². The molecular formula is C40H50B2. The Morgan fingerprint density at radius 2 is 0.905 bits per heavy atom. The van der Waals surface area contributed by atoms with E-state index in [1.165, 1.54) is 42.0 Å². The van der Waals surface area contributed by atoms with Crippen molar-refractivity contribution < 1.29 is 0 Å². The summed E-state index contributed by atoms with van der Waals surface area (Å²) in [7, 11) is 0. The van der Waals surface area contributed by atoms with Crippen molar-refractivity contribution in [2.45, 2.75) is 93.0 Å². The van der Waals surface area contributed by atoms with E-state index in [0.717, 1.165) is 6.42 Å². The predicted octanol–water partition coefficient (Wildman–Crippen LogP) is 11.3. The molecule has 6 rings (SSSR count). The maximum atomic E-state index is 2.52. The molecule has 42 heavy (non-hydrogen) atoms. The van der Waals surface area contributed by atoms with Gasteiger partial charge in [0.1, 0.15) is 0 Å². The van der Waals surface area contributed by atoms with Crippen molar-refractivity contribution in [3.8, 4) is 0 Å². The molecule has 1 unspecified atom stereocenters. The van der Waals surface area contributed by atoms with Gasteiger partial charge in [-0.05, 0) is 55.9 Å². The second-order valence-corrected chi connectivity index (χ2v) is 16.4. The third-order valence-corrected chi connectivity index (χ3v) is 12.6. The predicted molar refractivity (Wildman–Crippen MR) is 186 cm³/mol. The summed E-state index contributed by atoms with van der Waals surface area (Å²) in [6, 6.07) is 34.4. The zero-order valence-electron chi connectivity index (χ0n) is 27.4. The minimum absolute atomic E-state index is 0.294. The van der Waals surface area contributed by atoms with Crippen molar-refractivity contribution in [2.24, 2.45) is 21.7 Å². The molecule has 2 saturated heterocycles. The van der Waals surface area contributed by atoms with Crippen LogP contribution in [-0.2, 0) is 0 Å². The van der Waals surface area contributed by atoms with Crippen LogP contribution in [0.5, 0.6) is 0 Å². The maximum absolute atomic E-state index is 2.52. The molecule has 0 amide bonds. The Bertz CT molecular complexity index is 1460. The maximum Gasteiger partial charge on any atom is 0.178 e. The monoisotopic (exact) mass is 552 g/mol. The number of hydrogen-bond donors (Lipinski definition) is 0. The fourth-order valence-corrected chi connectivity index (χ4v) is 8.80. The number of hydrogen-bond acceptors (Lipinski definition) is 0. The van der Waals surface area contributed by atoms with Crippen molar-refractivity contribution in [3.63, 3.8) is 0 Å². The van der Waals surface area contributed by atoms with E-state index in [4.69, 9.17) is 0 Å². The highest BCUT2D eigenvalue weighted by molar-refractivity contribution is 6.75. The standard InChI is InChI=1S/C40H50B2/c1-37(2)25-41(26-38(37,3)4)35-32(29-18-12-9-13-19-29)24-33(30-20-14-10-15-21-30)36(34(35)31-22-16-11-17-23-31)42-27-39(5,6)40(7,8)28-42/h9-23,32H,24-28H2,1-8H3. The highest BCUT2D eigenvalue weighted by Crippen LogP contribution is 2.61. The summed E-state index contributed by atoms with van der Waals surface area (Å²) in [5, 5.41) is 0. The van der Waals surface area contributed by atoms with Crippen molar-refractivity contribution in [1.82, 2.24) is 0 Å². The lowest BCUT2D eigenvalue weighted by molar-refractivity contribution is 0.177. The molecule has 2 aliphatic heterocycles. The van der Waals surface area contributed by atoms with Crippen LogP contribution >= 0.6 is 0 Å². The molecule has 0 saturated carbocycles. The highest BCUT2D eigenvalue weighted by atomic mass is 14.5. The quantitative estimate of drug-likeness (QED) is 0.276. The van der Waals surface area contributed by atoms with Gasteiger partial charge in [-0.25, -0.2) is 0 Å². The minimum atomic E-state index is 0.294. The van der Waals surface area contributed by atoms with E-state index in [9.17, 15) is 0 Å². The molecule has 3 aliphatic rings. The van der Waals surface area contributed by atoms with Crippen LogP contribution in [0.1, 0.15) is 84.4 Å². The van der Waals surface area contributed by atoms with Gasteiger partial charge in [0.25, 0.3) is 0 Å². The molecule has 0 N–H and O–H groups in total. The first kappa shape index (κ1) is 29.3. The molecule has 0 bridgehead atoms. The van der Waals surface area contributed by atoms with E-state index < -0.39 is 0 Å². The summed E-state index contributed by atoms with van der Waals surface area (Å²) >= 11 is 0. The van der Waals surface area contributed by atoms with Gasteiger partial charge in [-0.1, -0.05) is 183 Å². The molecule has 2 heterocycles.